The Kier molecular flexibility index (Phi) is 2.97. The lowest BCUT2D eigenvalue weighted by atomic mass is 9.93. The third-order valence-corrected chi connectivity index (χ3v) is 4.91. The number of benzene rings is 2. The van der Waals surface area contributed by atoms with Crippen LogP contribution in [0.3, 0.4) is 0 Å². The van der Waals surface area contributed by atoms with Gasteiger partial charge in [0.1, 0.15) is 5.76 Å². The van der Waals surface area contributed by atoms with E-state index in [2.05, 4.69) is 10.6 Å². The predicted molar refractivity (Wildman–Crippen MR) is 95.4 cm³/mol. The molecule has 0 unspecified atom stereocenters. The topological polar surface area (TPSA) is 74.6 Å². The Hall–Kier alpha value is -3.54. The van der Waals surface area contributed by atoms with E-state index < -0.39 is 5.66 Å². The van der Waals surface area contributed by atoms with E-state index in [-0.39, 0.29) is 18.4 Å². The van der Waals surface area contributed by atoms with Crippen LogP contribution in [0.2, 0.25) is 0 Å². The number of nitrogens with zero attached hydrogens (tertiary/aromatic N) is 1. The largest absolute Gasteiger partial charge is 0.467 e. The number of carbonyl (C=O) groups is 2. The molecule has 2 N–H and O–H groups in total. The van der Waals surface area contributed by atoms with Crippen molar-refractivity contribution in [2.24, 2.45) is 0 Å². The first kappa shape index (κ1) is 14.8. The monoisotopic (exact) mass is 345 g/mol. The number of amides is 2. The molecule has 6 heteroatoms. The SMILES string of the molecule is O=C1c2ccccc2N[C@@]2(C(=O)Nc3ccccc32)N1Cc1ccco1. The summed E-state index contributed by atoms with van der Waals surface area (Å²) in [6.07, 6.45) is 1.56. The molecule has 0 saturated heterocycles. The van der Waals surface area contributed by atoms with Crippen LogP contribution in [0.25, 0.3) is 0 Å². The van der Waals surface area contributed by atoms with Gasteiger partial charge < -0.3 is 15.1 Å². The van der Waals surface area contributed by atoms with Crippen LogP contribution in [-0.4, -0.2) is 16.7 Å². The summed E-state index contributed by atoms with van der Waals surface area (Å²) in [6, 6.07) is 18.2. The fourth-order valence-electron chi connectivity index (χ4n) is 3.72. The smallest absolute Gasteiger partial charge is 0.276 e. The molecule has 0 bridgehead atoms. The van der Waals surface area contributed by atoms with E-state index in [1.807, 2.05) is 42.5 Å². The predicted octanol–water partition coefficient (Wildman–Crippen LogP) is 3.15. The standard InChI is InChI=1S/C20H15N3O3/c24-18-14-7-1-3-9-16(14)22-20(23(18)12-13-6-5-11-26-13)15-8-2-4-10-17(15)21-19(20)25/h1-11,22H,12H2,(H,21,25)/t20-/m1/s1. The van der Waals surface area contributed by atoms with Gasteiger partial charge in [-0.3, -0.25) is 14.5 Å². The van der Waals surface area contributed by atoms with Crippen LogP contribution >= 0.6 is 0 Å². The van der Waals surface area contributed by atoms with Crippen LogP contribution in [0.5, 0.6) is 0 Å². The van der Waals surface area contributed by atoms with Crippen molar-refractivity contribution in [3.63, 3.8) is 0 Å². The minimum atomic E-state index is -1.31. The van der Waals surface area contributed by atoms with Gasteiger partial charge in [0.15, 0.2) is 0 Å². The van der Waals surface area contributed by atoms with E-state index >= 15 is 0 Å². The Bertz CT molecular complexity index is 1030. The van der Waals surface area contributed by atoms with Gasteiger partial charge in [0.25, 0.3) is 11.8 Å². The highest BCUT2D eigenvalue weighted by atomic mass is 16.3. The van der Waals surface area contributed by atoms with E-state index in [1.165, 1.54) is 4.90 Å². The van der Waals surface area contributed by atoms with E-state index in [0.717, 1.165) is 5.56 Å². The number of nitrogens with one attached hydrogen (secondary N) is 2. The van der Waals surface area contributed by atoms with Crippen LogP contribution in [0.1, 0.15) is 21.7 Å². The van der Waals surface area contributed by atoms with Crippen molar-refractivity contribution >= 4 is 23.2 Å². The number of anilines is 2. The molecule has 0 radical (unpaired) electrons. The molecule has 26 heavy (non-hydrogen) atoms. The Balaban J connectivity index is 1.74. The molecule has 0 aliphatic carbocycles. The van der Waals surface area contributed by atoms with Gasteiger partial charge in [-0.1, -0.05) is 30.3 Å². The molecular weight excluding hydrogens is 330 g/mol. The Morgan fingerprint density at radius 3 is 2.50 bits per heavy atom. The van der Waals surface area contributed by atoms with Crippen LogP contribution in [0.4, 0.5) is 11.4 Å². The summed E-state index contributed by atoms with van der Waals surface area (Å²) in [6.45, 7) is 0.176. The molecule has 5 rings (SSSR count). The van der Waals surface area contributed by atoms with Crippen LogP contribution < -0.4 is 10.6 Å². The number of furan rings is 1. The number of hydrogen-bond donors (Lipinski definition) is 2. The maximum atomic E-state index is 13.3. The molecule has 1 aromatic heterocycles. The van der Waals surface area contributed by atoms with Gasteiger partial charge in [-0.05, 0) is 30.3 Å². The average Bonchev–Trinajstić information content (AvgIpc) is 3.26. The second-order valence-electron chi connectivity index (χ2n) is 6.35. The van der Waals surface area contributed by atoms with Gasteiger partial charge in [-0.2, -0.15) is 0 Å². The summed E-state index contributed by atoms with van der Waals surface area (Å²) in [5, 5.41) is 6.22. The summed E-state index contributed by atoms with van der Waals surface area (Å²) in [4.78, 5) is 28.0. The Morgan fingerprint density at radius 2 is 1.69 bits per heavy atom. The van der Waals surface area contributed by atoms with E-state index in [4.69, 9.17) is 4.42 Å². The summed E-state index contributed by atoms with van der Waals surface area (Å²) in [7, 11) is 0. The number of rotatable bonds is 2. The molecule has 2 aromatic carbocycles. The maximum Gasteiger partial charge on any atom is 0.276 e. The number of fused-ring (bicyclic) bond motifs is 3. The Labute approximate surface area is 149 Å². The normalized spacial score (nSPS) is 20.5. The molecule has 0 saturated carbocycles. The molecule has 3 aromatic rings. The molecular formula is C20H15N3O3. The molecule has 6 nitrogen and oxygen atoms in total. The molecule has 3 heterocycles. The minimum absolute atomic E-state index is 0.176. The van der Waals surface area contributed by atoms with Gasteiger partial charge in [0.2, 0.25) is 5.66 Å². The highest BCUT2D eigenvalue weighted by Gasteiger charge is 2.56. The Morgan fingerprint density at radius 1 is 0.923 bits per heavy atom. The third-order valence-electron chi connectivity index (χ3n) is 4.91. The van der Waals surface area contributed by atoms with Gasteiger partial charge in [0, 0.05) is 16.9 Å². The number of para-hydroxylation sites is 2. The lowest BCUT2D eigenvalue weighted by Crippen LogP contribution is -2.60. The molecule has 2 amide bonds. The summed E-state index contributed by atoms with van der Waals surface area (Å²) in [5.41, 5.74) is 1.28. The van der Waals surface area contributed by atoms with Crippen molar-refractivity contribution in [1.82, 2.24) is 4.90 Å². The quantitative estimate of drug-likeness (QED) is 0.748. The van der Waals surface area contributed by atoms with E-state index in [9.17, 15) is 9.59 Å². The fourth-order valence-corrected chi connectivity index (χ4v) is 3.72. The molecule has 2 aliphatic rings. The second-order valence-corrected chi connectivity index (χ2v) is 6.35. The zero-order chi connectivity index (χ0) is 17.7. The molecule has 128 valence electrons. The lowest BCUT2D eigenvalue weighted by molar-refractivity contribution is -0.125. The maximum absolute atomic E-state index is 13.3. The van der Waals surface area contributed by atoms with Crippen molar-refractivity contribution in [2.45, 2.75) is 12.2 Å². The van der Waals surface area contributed by atoms with Gasteiger partial charge in [0.05, 0.1) is 18.4 Å². The minimum Gasteiger partial charge on any atom is -0.467 e. The van der Waals surface area contributed by atoms with Crippen LogP contribution in [0, 0.1) is 0 Å². The van der Waals surface area contributed by atoms with Crippen molar-refractivity contribution < 1.29 is 14.0 Å². The highest BCUT2D eigenvalue weighted by Crippen LogP contribution is 2.45. The zero-order valence-electron chi connectivity index (χ0n) is 13.7. The molecule has 1 spiro atoms. The first-order valence-electron chi connectivity index (χ1n) is 8.33. The summed E-state index contributed by atoms with van der Waals surface area (Å²) < 4.78 is 5.45. The van der Waals surface area contributed by atoms with Crippen LogP contribution in [0.15, 0.2) is 71.3 Å². The molecule has 1 atom stereocenters. The lowest BCUT2D eigenvalue weighted by Gasteiger charge is -2.44. The van der Waals surface area contributed by atoms with Crippen molar-refractivity contribution in [2.75, 3.05) is 10.6 Å². The van der Waals surface area contributed by atoms with Crippen molar-refractivity contribution in [1.29, 1.82) is 0 Å². The summed E-state index contributed by atoms with van der Waals surface area (Å²) in [5.74, 6) is 0.104. The first-order valence-corrected chi connectivity index (χ1v) is 8.33. The zero-order valence-corrected chi connectivity index (χ0v) is 13.7. The third kappa shape index (κ3) is 1.86. The van der Waals surface area contributed by atoms with Crippen LogP contribution in [-0.2, 0) is 17.0 Å². The van der Waals surface area contributed by atoms with Gasteiger partial charge in [-0.25, -0.2) is 0 Å². The highest BCUT2D eigenvalue weighted by molar-refractivity contribution is 6.14. The molecule has 0 fully saturated rings. The van der Waals surface area contributed by atoms with E-state index in [0.29, 0.717) is 22.7 Å². The molecule has 2 aliphatic heterocycles. The average molecular weight is 345 g/mol. The van der Waals surface area contributed by atoms with Crippen molar-refractivity contribution in [3.8, 4) is 0 Å². The van der Waals surface area contributed by atoms with E-state index in [1.54, 1.807) is 24.5 Å². The van der Waals surface area contributed by atoms with Crippen molar-refractivity contribution in [3.05, 3.63) is 83.8 Å². The summed E-state index contributed by atoms with van der Waals surface area (Å²) >= 11 is 0. The first-order chi connectivity index (χ1) is 12.7. The number of carbonyl (C=O) groups excluding carboxylic acids is 2. The fraction of sp³-hybridized carbons (Fsp3) is 0.100. The number of hydrogen-bond acceptors (Lipinski definition) is 4. The second kappa shape index (κ2) is 5.23. The van der Waals surface area contributed by atoms with Gasteiger partial charge in [-0.15, -0.1) is 0 Å². The van der Waals surface area contributed by atoms with Gasteiger partial charge >= 0.3 is 0 Å².